The third-order valence-electron chi connectivity index (χ3n) is 3.84. The van der Waals surface area contributed by atoms with Gasteiger partial charge >= 0.3 is 5.97 Å². The Labute approximate surface area is 162 Å². The lowest BCUT2D eigenvalue weighted by Crippen LogP contribution is -2.06. The van der Waals surface area contributed by atoms with Crippen LogP contribution in [0, 0.1) is 0 Å². The number of carbonyl (C=O) groups is 1. The monoisotopic (exact) mass is 379 g/mol. The van der Waals surface area contributed by atoms with Crippen LogP contribution in [0.3, 0.4) is 0 Å². The van der Waals surface area contributed by atoms with Crippen molar-refractivity contribution in [1.82, 2.24) is 15.2 Å². The highest BCUT2D eigenvalue weighted by Crippen LogP contribution is 2.16. The molecule has 2 N–H and O–H groups in total. The second-order valence-corrected chi connectivity index (χ2v) is 5.79. The minimum absolute atomic E-state index is 0.342. The van der Waals surface area contributed by atoms with Crippen molar-refractivity contribution in [3.05, 3.63) is 65.9 Å². The van der Waals surface area contributed by atoms with E-state index in [2.05, 4.69) is 25.8 Å². The second-order valence-electron chi connectivity index (χ2n) is 5.79. The molecule has 0 aliphatic carbocycles. The van der Waals surface area contributed by atoms with Gasteiger partial charge in [0.15, 0.2) is 5.82 Å². The minimum Gasteiger partial charge on any atom is -0.497 e. The van der Waals surface area contributed by atoms with Gasteiger partial charge in [-0.1, -0.05) is 12.1 Å². The summed E-state index contributed by atoms with van der Waals surface area (Å²) in [6.07, 6.45) is 1.55. The summed E-state index contributed by atoms with van der Waals surface area (Å²) < 4.78 is 10.1. The SMILES string of the molecule is CCOC(=O)c1ccc(Nc2nncc(NCc3ccc(OC)cc3)n2)cc1. The van der Waals surface area contributed by atoms with E-state index in [-0.39, 0.29) is 5.97 Å². The van der Waals surface area contributed by atoms with Gasteiger partial charge in [-0.25, -0.2) is 4.79 Å². The summed E-state index contributed by atoms with van der Waals surface area (Å²) in [7, 11) is 1.64. The van der Waals surface area contributed by atoms with Crippen LogP contribution < -0.4 is 15.4 Å². The number of carbonyl (C=O) groups excluding carboxylic acids is 1. The van der Waals surface area contributed by atoms with E-state index in [1.54, 1.807) is 44.5 Å². The number of hydrogen-bond acceptors (Lipinski definition) is 8. The summed E-state index contributed by atoms with van der Waals surface area (Å²) in [5.41, 5.74) is 2.31. The van der Waals surface area contributed by atoms with Crippen LogP contribution in [0.15, 0.2) is 54.7 Å². The first-order valence-electron chi connectivity index (χ1n) is 8.78. The molecule has 8 heteroatoms. The van der Waals surface area contributed by atoms with Crippen molar-refractivity contribution in [1.29, 1.82) is 0 Å². The van der Waals surface area contributed by atoms with E-state index in [1.807, 2.05) is 24.3 Å². The van der Waals surface area contributed by atoms with E-state index in [0.29, 0.717) is 30.5 Å². The molecule has 1 aromatic heterocycles. The van der Waals surface area contributed by atoms with Crippen LogP contribution in [0.1, 0.15) is 22.8 Å². The number of anilines is 3. The van der Waals surface area contributed by atoms with Crippen LogP contribution in [0.5, 0.6) is 5.75 Å². The van der Waals surface area contributed by atoms with Gasteiger partial charge in [0.2, 0.25) is 5.95 Å². The molecule has 0 saturated heterocycles. The number of nitrogens with one attached hydrogen (secondary N) is 2. The van der Waals surface area contributed by atoms with E-state index >= 15 is 0 Å². The number of methoxy groups -OCH3 is 1. The van der Waals surface area contributed by atoms with E-state index in [1.165, 1.54) is 0 Å². The maximum absolute atomic E-state index is 11.7. The van der Waals surface area contributed by atoms with Crippen LogP contribution in [0.4, 0.5) is 17.5 Å². The minimum atomic E-state index is -0.350. The maximum Gasteiger partial charge on any atom is 0.338 e. The molecule has 0 aliphatic heterocycles. The Bertz CT molecular complexity index is 914. The van der Waals surface area contributed by atoms with Crippen molar-refractivity contribution in [3.8, 4) is 5.75 Å². The van der Waals surface area contributed by atoms with Crippen LogP contribution >= 0.6 is 0 Å². The summed E-state index contributed by atoms with van der Waals surface area (Å²) in [6.45, 7) is 2.71. The number of nitrogens with zero attached hydrogens (tertiary/aromatic N) is 3. The Hall–Kier alpha value is -3.68. The molecule has 0 aliphatic rings. The first kappa shape index (κ1) is 19.1. The highest BCUT2D eigenvalue weighted by atomic mass is 16.5. The zero-order chi connectivity index (χ0) is 19.8. The molecule has 28 heavy (non-hydrogen) atoms. The molecule has 0 bridgehead atoms. The molecular formula is C20H21N5O3. The molecule has 0 spiro atoms. The lowest BCUT2D eigenvalue weighted by Gasteiger charge is -2.09. The zero-order valence-electron chi connectivity index (χ0n) is 15.7. The highest BCUT2D eigenvalue weighted by molar-refractivity contribution is 5.89. The van der Waals surface area contributed by atoms with Gasteiger partial charge in [-0.2, -0.15) is 10.1 Å². The Morgan fingerprint density at radius 2 is 1.82 bits per heavy atom. The number of hydrogen-bond donors (Lipinski definition) is 2. The third-order valence-corrected chi connectivity index (χ3v) is 3.84. The lowest BCUT2D eigenvalue weighted by atomic mass is 10.2. The van der Waals surface area contributed by atoms with Gasteiger partial charge in [-0.05, 0) is 48.9 Å². The number of rotatable bonds is 8. The van der Waals surface area contributed by atoms with Crippen molar-refractivity contribution in [2.45, 2.75) is 13.5 Å². The number of ether oxygens (including phenoxy) is 2. The van der Waals surface area contributed by atoms with Crippen molar-refractivity contribution < 1.29 is 14.3 Å². The fraction of sp³-hybridized carbons (Fsp3) is 0.200. The molecule has 0 unspecified atom stereocenters. The van der Waals surface area contributed by atoms with Gasteiger partial charge in [0.25, 0.3) is 0 Å². The van der Waals surface area contributed by atoms with Gasteiger partial charge in [0.1, 0.15) is 5.75 Å². The van der Waals surface area contributed by atoms with Gasteiger partial charge < -0.3 is 20.1 Å². The van der Waals surface area contributed by atoms with Crippen LogP contribution in [0.2, 0.25) is 0 Å². The second kappa shape index (κ2) is 9.31. The molecule has 2 aromatic carbocycles. The summed E-state index contributed by atoms with van der Waals surface area (Å²) in [5, 5.41) is 14.2. The predicted octanol–water partition coefficient (Wildman–Crippen LogP) is 3.41. The summed E-state index contributed by atoms with van der Waals surface area (Å²) in [6, 6.07) is 14.6. The topological polar surface area (TPSA) is 98.3 Å². The summed E-state index contributed by atoms with van der Waals surface area (Å²) >= 11 is 0. The van der Waals surface area contributed by atoms with Gasteiger partial charge in [-0.3, -0.25) is 0 Å². The average Bonchev–Trinajstić information content (AvgIpc) is 2.73. The molecular weight excluding hydrogens is 358 g/mol. The Morgan fingerprint density at radius 1 is 1.07 bits per heavy atom. The number of benzene rings is 2. The zero-order valence-corrected chi connectivity index (χ0v) is 15.7. The van der Waals surface area contributed by atoms with Crippen molar-refractivity contribution >= 4 is 23.4 Å². The van der Waals surface area contributed by atoms with Gasteiger partial charge in [-0.15, -0.1) is 5.10 Å². The average molecular weight is 379 g/mol. The molecule has 8 nitrogen and oxygen atoms in total. The molecule has 0 amide bonds. The Morgan fingerprint density at radius 3 is 2.50 bits per heavy atom. The Balaban J connectivity index is 1.60. The fourth-order valence-electron chi connectivity index (χ4n) is 2.41. The van der Waals surface area contributed by atoms with Crippen LogP contribution in [-0.2, 0) is 11.3 Å². The first-order valence-corrected chi connectivity index (χ1v) is 8.78. The third kappa shape index (κ3) is 5.16. The Kier molecular flexibility index (Phi) is 6.35. The molecule has 0 radical (unpaired) electrons. The standard InChI is InChI=1S/C20H21N5O3/c1-3-28-19(26)15-6-8-16(9-7-15)23-20-24-18(13-22-25-20)21-12-14-4-10-17(27-2)11-5-14/h4-11,13H,3,12H2,1-2H3,(H2,21,23,24,25). The number of esters is 1. The highest BCUT2D eigenvalue weighted by Gasteiger charge is 2.07. The molecule has 3 rings (SSSR count). The van der Waals surface area contributed by atoms with Crippen molar-refractivity contribution in [3.63, 3.8) is 0 Å². The summed E-state index contributed by atoms with van der Waals surface area (Å²) in [4.78, 5) is 16.1. The lowest BCUT2D eigenvalue weighted by molar-refractivity contribution is 0.0526. The largest absolute Gasteiger partial charge is 0.497 e. The van der Waals surface area contributed by atoms with E-state index in [9.17, 15) is 4.79 Å². The van der Waals surface area contributed by atoms with E-state index in [0.717, 1.165) is 17.0 Å². The van der Waals surface area contributed by atoms with Crippen LogP contribution in [0.25, 0.3) is 0 Å². The van der Waals surface area contributed by atoms with E-state index < -0.39 is 0 Å². The van der Waals surface area contributed by atoms with Crippen LogP contribution in [-0.4, -0.2) is 34.9 Å². The fourth-order valence-corrected chi connectivity index (χ4v) is 2.41. The predicted molar refractivity (Wildman–Crippen MR) is 106 cm³/mol. The molecule has 3 aromatic rings. The normalized spacial score (nSPS) is 10.2. The van der Waals surface area contributed by atoms with Gasteiger partial charge in [0.05, 0.1) is 25.5 Å². The smallest absolute Gasteiger partial charge is 0.338 e. The van der Waals surface area contributed by atoms with E-state index in [4.69, 9.17) is 9.47 Å². The van der Waals surface area contributed by atoms with Crippen molar-refractivity contribution in [2.75, 3.05) is 24.4 Å². The van der Waals surface area contributed by atoms with Gasteiger partial charge in [0, 0.05) is 12.2 Å². The molecule has 0 fully saturated rings. The molecule has 144 valence electrons. The maximum atomic E-state index is 11.7. The molecule has 1 heterocycles. The number of aromatic nitrogens is 3. The molecule has 0 atom stereocenters. The summed E-state index contributed by atoms with van der Waals surface area (Å²) in [5.74, 6) is 1.41. The quantitative estimate of drug-likeness (QED) is 0.575. The van der Waals surface area contributed by atoms with Crippen molar-refractivity contribution in [2.24, 2.45) is 0 Å². The molecule has 0 saturated carbocycles. The first-order chi connectivity index (χ1) is 13.7.